The van der Waals surface area contributed by atoms with Crippen LogP contribution in [0.5, 0.6) is 0 Å². The molecule has 0 unspecified atom stereocenters. The Morgan fingerprint density at radius 1 is 0.840 bits per heavy atom. The van der Waals surface area contributed by atoms with Crippen LogP contribution in [0.3, 0.4) is 0 Å². The van der Waals surface area contributed by atoms with Crippen molar-refractivity contribution in [3.8, 4) is 0 Å². The molecule has 0 amide bonds. The van der Waals surface area contributed by atoms with E-state index in [2.05, 4.69) is 6.92 Å². The molecule has 0 atom stereocenters. The normalized spacial score (nSPS) is 30.4. The summed E-state index contributed by atoms with van der Waals surface area (Å²) < 4.78 is 13.7. The molecular weight excluding hydrogens is 331 g/mol. The first kappa shape index (κ1) is 19.2. The third-order valence-electron chi connectivity index (χ3n) is 6.91. The lowest BCUT2D eigenvalue weighted by atomic mass is 9.74. The Bertz CT molecular complexity index is 525. The molecule has 0 bridgehead atoms. The molecule has 25 heavy (non-hydrogen) atoms. The zero-order valence-corrected chi connectivity index (χ0v) is 16.5. The molecule has 2 heteroatoms. The maximum Gasteiger partial charge on any atom is 0.142 e. The van der Waals surface area contributed by atoms with Gasteiger partial charge in [0.25, 0.3) is 0 Å². The second kappa shape index (κ2) is 9.40. The molecule has 0 N–H and O–H groups in total. The third-order valence-corrected chi connectivity index (χ3v) is 7.21. The van der Waals surface area contributed by atoms with Crippen molar-refractivity contribution in [2.24, 2.45) is 17.8 Å². The molecular formula is C23H34ClF. The maximum absolute atomic E-state index is 13.7. The minimum atomic E-state index is -0.264. The maximum atomic E-state index is 13.7. The average molecular weight is 365 g/mol. The molecule has 2 saturated carbocycles. The summed E-state index contributed by atoms with van der Waals surface area (Å²) in [6.45, 7) is 2.32. The zero-order valence-electron chi connectivity index (χ0n) is 15.8. The minimum Gasteiger partial charge on any atom is -0.205 e. The predicted molar refractivity (Wildman–Crippen MR) is 106 cm³/mol. The van der Waals surface area contributed by atoms with E-state index in [1.54, 1.807) is 12.1 Å². The van der Waals surface area contributed by atoms with Gasteiger partial charge in [-0.3, -0.25) is 0 Å². The van der Waals surface area contributed by atoms with Crippen molar-refractivity contribution in [3.05, 3.63) is 34.6 Å². The fraction of sp³-hybridized carbons (Fsp3) is 0.739. The molecule has 3 rings (SSSR count). The van der Waals surface area contributed by atoms with E-state index < -0.39 is 0 Å². The van der Waals surface area contributed by atoms with Gasteiger partial charge < -0.3 is 0 Å². The van der Waals surface area contributed by atoms with Crippen LogP contribution in [-0.4, -0.2) is 0 Å². The molecule has 0 aromatic heterocycles. The van der Waals surface area contributed by atoms with Crippen LogP contribution in [0.2, 0.25) is 5.02 Å². The molecule has 0 nitrogen and oxygen atoms in total. The topological polar surface area (TPSA) is 0 Å². The minimum absolute atomic E-state index is 0.242. The van der Waals surface area contributed by atoms with Crippen LogP contribution in [-0.2, 0) is 0 Å². The SMILES string of the molecule is CCCC1CCC(CCC2CCC(c3ccc(Cl)c(F)c3)CC2)CC1. The van der Waals surface area contributed by atoms with Crippen molar-refractivity contribution < 1.29 is 4.39 Å². The lowest BCUT2D eigenvalue weighted by Crippen LogP contribution is -2.17. The van der Waals surface area contributed by atoms with E-state index in [9.17, 15) is 4.39 Å². The number of halogens is 2. The summed E-state index contributed by atoms with van der Waals surface area (Å²) >= 11 is 5.81. The zero-order chi connectivity index (χ0) is 17.6. The number of benzene rings is 1. The highest BCUT2D eigenvalue weighted by Crippen LogP contribution is 2.40. The Morgan fingerprint density at radius 2 is 1.36 bits per heavy atom. The summed E-state index contributed by atoms with van der Waals surface area (Å²) in [5.74, 6) is 3.20. The van der Waals surface area contributed by atoms with Gasteiger partial charge in [-0.05, 0) is 67.1 Å². The molecule has 2 fully saturated rings. The standard InChI is InChI=1S/C23H34ClF/c1-2-3-17-4-6-18(7-5-17)8-9-19-10-12-20(13-11-19)21-14-15-22(24)23(25)16-21/h14-20H,2-13H2,1H3. The lowest BCUT2D eigenvalue weighted by molar-refractivity contribution is 0.224. The highest BCUT2D eigenvalue weighted by Gasteiger charge is 2.25. The largest absolute Gasteiger partial charge is 0.205 e. The Balaban J connectivity index is 1.37. The first-order chi connectivity index (χ1) is 12.2. The van der Waals surface area contributed by atoms with Crippen molar-refractivity contribution in [2.75, 3.05) is 0 Å². The second-order valence-corrected chi connectivity index (χ2v) is 9.05. The molecule has 0 radical (unpaired) electrons. The molecule has 1 aromatic rings. The Kier molecular flexibility index (Phi) is 7.22. The van der Waals surface area contributed by atoms with Crippen molar-refractivity contribution >= 4 is 11.6 Å². The number of rotatable bonds is 6. The van der Waals surface area contributed by atoms with Crippen LogP contribution in [0.25, 0.3) is 0 Å². The Morgan fingerprint density at radius 3 is 1.88 bits per heavy atom. The van der Waals surface area contributed by atoms with E-state index in [-0.39, 0.29) is 10.8 Å². The quantitative estimate of drug-likeness (QED) is 0.477. The summed E-state index contributed by atoms with van der Waals surface area (Å²) in [5, 5.41) is 0.242. The van der Waals surface area contributed by atoms with E-state index in [1.165, 1.54) is 77.0 Å². The van der Waals surface area contributed by atoms with Gasteiger partial charge in [0, 0.05) is 0 Å². The molecule has 0 spiro atoms. The Labute approximate surface area is 158 Å². The van der Waals surface area contributed by atoms with Gasteiger partial charge in [0.2, 0.25) is 0 Å². The van der Waals surface area contributed by atoms with Gasteiger partial charge in [-0.2, -0.15) is 0 Å². The fourth-order valence-corrected chi connectivity index (χ4v) is 5.36. The van der Waals surface area contributed by atoms with Crippen LogP contribution in [0.1, 0.15) is 95.5 Å². The summed E-state index contributed by atoms with van der Waals surface area (Å²) in [5.41, 5.74) is 1.15. The summed E-state index contributed by atoms with van der Waals surface area (Å²) in [6.07, 6.45) is 16.7. The van der Waals surface area contributed by atoms with Gasteiger partial charge >= 0.3 is 0 Å². The second-order valence-electron chi connectivity index (χ2n) is 8.64. The molecule has 1 aromatic carbocycles. The van der Waals surface area contributed by atoms with Crippen LogP contribution < -0.4 is 0 Å². The summed E-state index contributed by atoms with van der Waals surface area (Å²) in [4.78, 5) is 0. The first-order valence-corrected chi connectivity index (χ1v) is 11.0. The van der Waals surface area contributed by atoms with Gasteiger partial charge in [-0.1, -0.05) is 76.0 Å². The van der Waals surface area contributed by atoms with Crippen LogP contribution in [0.4, 0.5) is 4.39 Å². The summed E-state index contributed by atoms with van der Waals surface area (Å²) in [7, 11) is 0. The fourth-order valence-electron chi connectivity index (χ4n) is 5.24. The molecule has 0 aliphatic heterocycles. The van der Waals surface area contributed by atoms with Crippen LogP contribution in [0, 0.1) is 23.6 Å². The molecule has 0 saturated heterocycles. The van der Waals surface area contributed by atoms with Gasteiger partial charge in [-0.25, -0.2) is 4.39 Å². The Hall–Kier alpha value is -0.560. The van der Waals surface area contributed by atoms with E-state index in [4.69, 9.17) is 11.6 Å². The highest BCUT2D eigenvalue weighted by molar-refractivity contribution is 6.30. The first-order valence-electron chi connectivity index (χ1n) is 10.6. The van der Waals surface area contributed by atoms with E-state index in [0.717, 1.165) is 23.3 Å². The lowest BCUT2D eigenvalue weighted by Gasteiger charge is -2.32. The van der Waals surface area contributed by atoms with Gasteiger partial charge in [0.15, 0.2) is 0 Å². The van der Waals surface area contributed by atoms with Crippen molar-refractivity contribution in [2.45, 2.75) is 89.9 Å². The van der Waals surface area contributed by atoms with Gasteiger partial charge in [-0.15, -0.1) is 0 Å². The van der Waals surface area contributed by atoms with Crippen molar-refractivity contribution in [1.29, 1.82) is 0 Å². The predicted octanol–water partition coefficient (Wildman–Crippen LogP) is 8.14. The van der Waals surface area contributed by atoms with Crippen LogP contribution in [0.15, 0.2) is 18.2 Å². The number of hydrogen-bond donors (Lipinski definition) is 0. The molecule has 2 aliphatic carbocycles. The van der Waals surface area contributed by atoms with Crippen molar-refractivity contribution in [1.82, 2.24) is 0 Å². The summed E-state index contributed by atoms with van der Waals surface area (Å²) in [6, 6.07) is 5.39. The molecule has 140 valence electrons. The van der Waals surface area contributed by atoms with E-state index in [0.29, 0.717) is 5.92 Å². The van der Waals surface area contributed by atoms with E-state index in [1.807, 2.05) is 6.07 Å². The molecule has 0 heterocycles. The van der Waals surface area contributed by atoms with Gasteiger partial charge in [0.05, 0.1) is 5.02 Å². The smallest absolute Gasteiger partial charge is 0.142 e. The van der Waals surface area contributed by atoms with Crippen LogP contribution >= 0.6 is 11.6 Å². The highest BCUT2D eigenvalue weighted by atomic mass is 35.5. The van der Waals surface area contributed by atoms with Crippen molar-refractivity contribution in [3.63, 3.8) is 0 Å². The number of hydrogen-bond acceptors (Lipinski definition) is 0. The molecule has 2 aliphatic rings. The van der Waals surface area contributed by atoms with E-state index >= 15 is 0 Å². The third kappa shape index (κ3) is 5.46. The average Bonchev–Trinajstić information content (AvgIpc) is 2.64. The van der Waals surface area contributed by atoms with Gasteiger partial charge in [0.1, 0.15) is 5.82 Å². The monoisotopic (exact) mass is 364 g/mol.